The Morgan fingerprint density at radius 3 is 2.53 bits per heavy atom. The molecule has 0 aromatic heterocycles. The van der Waals surface area contributed by atoms with Gasteiger partial charge in [0.2, 0.25) is 11.8 Å². The lowest BCUT2D eigenvalue weighted by Crippen LogP contribution is -2.38. The van der Waals surface area contributed by atoms with Gasteiger partial charge in [0.25, 0.3) is 0 Å². The second kappa shape index (κ2) is 8.67. The van der Waals surface area contributed by atoms with Crippen LogP contribution in [0.15, 0.2) is 77.7 Å². The van der Waals surface area contributed by atoms with E-state index in [4.69, 9.17) is 0 Å². The monoisotopic (exact) mass is 424 g/mol. The van der Waals surface area contributed by atoms with Gasteiger partial charge >= 0.3 is 0 Å². The van der Waals surface area contributed by atoms with Crippen LogP contribution in [0.4, 0.5) is 20.2 Å². The number of rotatable bonds is 4. The third-order valence-corrected chi connectivity index (χ3v) is 6.09. The highest BCUT2D eigenvalue weighted by Gasteiger charge is 2.30. The van der Waals surface area contributed by atoms with E-state index < -0.39 is 17.5 Å². The maximum absolute atomic E-state index is 13.9. The number of para-hydroxylation sites is 1. The van der Waals surface area contributed by atoms with Crippen LogP contribution in [0, 0.1) is 11.6 Å². The third-order valence-electron chi connectivity index (χ3n) is 4.76. The molecule has 7 heteroatoms. The van der Waals surface area contributed by atoms with Gasteiger partial charge in [0.15, 0.2) is 0 Å². The molecule has 30 heavy (non-hydrogen) atoms. The van der Waals surface area contributed by atoms with Crippen molar-refractivity contribution in [3.8, 4) is 0 Å². The number of thioether (sulfide) groups is 1. The number of amides is 2. The number of nitrogens with zero attached hydrogens (tertiary/aromatic N) is 1. The van der Waals surface area contributed by atoms with Crippen molar-refractivity contribution < 1.29 is 18.4 Å². The van der Waals surface area contributed by atoms with E-state index in [1.54, 1.807) is 23.9 Å². The number of anilines is 2. The zero-order valence-electron chi connectivity index (χ0n) is 15.8. The van der Waals surface area contributed by atoms with Crippen LogP contribution in [0.3, 0.4) is 0 Å². The molecule has 3 aromatic carbocycles. The molecule has 1 aliphatic rings. The van der Waals surface area contributed by atoms with E-state index in [0.717, 1.165) is 22.6 Å². The Kier molecular flexibility index (Phi) is 5.81. The van der Waals surface area contributed by atoms with Gasteiger partial charge in [0, 0.05) is 22.6 Å². The van der Waals surface area contributed by atoms with E-state index in [9.17, 15) is 18.4 Å². The smallest absolute Gasteiger partial charge is 0.244 e. The molecule has 2 amide bonds. The topological polar surface area (TPSA) is 49.4 Å². The van der Waals surface area contributed by atoms with E-state index in [-0.39, 0.29) is 29.8 Å². The van der Waals surface area contributed by atoms with Crippen molar-refractivity contribution in [3.05, 3.63) is 90.0 Å². The second-order valence-electron chi connectivity index (χ2n) is 6.84. The van der Waals surface area contributed by atoms with Gasteiger partial charge in [0.05, 0.1) is 11.4 Å². The number of hydrogen-bond acceptors (Lipinski definition) is 3. The molecule has 0 saturated carbocycles. The number of fused-ring (bicyclic) bond motifs is 1. The SMILES string of the molecule is O=C(CN1C(=O)C[C@@H](c2ccccc2)Sc2ccccc21)Nc1ccc(F)cc1F. The van der Waals surface area contributed by atoms with Crippen LogP contribution < -0.4 is 10.2 Å². The second-order valence-corrected chi connectivity index (χ2v) is 8.09. The Morgan fingerprint density at radius 1 is 1.03 bits per heavy atom. The van der Waals surface area contributed by atoms with Crippen LogP contribution in [0.1, 0.15) is 17.2 Å². The molecule has 1 heterocycles. The highest BCUT2D eigenvalue weighted by molar-refractivity contribution is 7.99. The molecule has 0 radical (unpaired) electrons. The fourth-order valence-corrected chi connectivity index (χ4v) is 4.61. The molecule has 152 valence electrons. The molecule has 0 bridgehead atoms. The first-order valence-electron chi connectivity index (χ1n) is 9.37. The van der Waals surface area contributed by atoms with Gasteiger partial charge in [-0.3, -0.25) is 9.59 Å². The van der Waals surface area contributed by atoms with Crippen LogP contribution >= 0.6 is 11.8 Å². The molecule has 0 aliphatic carbocycles. The first-order valence-corrected chi connectivity index (χ1v) is 10.2. The van der Waals surface area contributed by atoms with Crippen molar-refractivity contribution in [2.45, 2.75) is 16.6 Å². The maximum Gasteiger partial charge on any atom is 0.244 e. The fraction of sp³-hybridized carbons (Fsp3) is 0.130. The summed E-state index contributed by atoms with van der Waals surface area (Å²) in [7, 11) is 0. The van der Waals surface area contributed by atoms with Gasteiger partial charge in [-0.05, 0) is 29.8 Å². The lowest BCUT2D eigenvalue weighted by molar-refractivity contribution is -0.121. The van der Waals surface area contributed by atoms with Gasteiger partial charge in [0.1, 0.15) is 18.2 Å². The third kappa shape index (κ3) is 4.36. The molecule has 1 atom stereocenters. The predicted molar refractivity (Wildman–Crippen MR) is 113 cm³/mol. The van der Waals surface area contributed by atoms with E-state index in [2.05, 4.69) is 5.32 Å². The lowest BCUT2D eigenvalue weighted by atomic mass is 10.1. The molecule has 4 nitrogen and oxygen atoms in total. The van der Waals surface area contributed by atoms with E-state index in [1.165, 1.54) is 4.90 Å². The zero-order chi connectivity index (χ0) is 21.1. The minimum atomic E-state index is -0.870. The minimum Gasteiger partial charge on any atom is -0.322 e. The first-order chi connectivity index (χ1) is 14.5. The summed E-state index contributed by atoms with van der Waals surface area (Å²) in [6.07, 6.45) is 0.224. The molecular weight excluding hydrogens is 406 g/mol. The Hall–Kier alpha value is -3.19. The van der Waals surface area contributed by atoms with Gasteiger partial charge in [-0.1, -0.05) is 42.5 Å². The zero-order valence-corrected chi connectivity index (χ0v) is 16.7. The summed E-state index contributed by atoms with van der Waals surface area (Å²) < 4.78 is 27.0. The largest absolute Gasteiger partial charge is 0.322 e. The Labute approximate surface area is 176 Å². The quantitative estimate of drug-likeness (QED) is 0.628. The number of benzene rings is 3. The summed E-state index contributed by atoms with van der Waals surface area (Å²) in [5.74, 6) is -2.36. The standard InChI is InChI=1S/C23H18F2N2O2S/c24-16-10-11-18(17(25)12-16)26-22(28)14-27-19-8-4-5-9-20(19)30-21(13-23(27)29)15-6-2-1-3-7-15/h1-12,21H,13-14H2,(H,26,28)/t21-/m0/s1. The summed E-state index contributed by atoms with van der Waals surface area (Å²) >= 11 is 1.58. The molecule has 3 aromatic rings. The van der Waals surface area contributed by atoms with Crippen LogP contribution in [0.25, 0.3) is 0 Å². The molecule has 0 spiro atoms. The van der Waals surface area contributed by atoms with Crippen molar-refractivity contribution in [3.63, 3.8) is 0 Å². The van der Waals surface area contributed by atoms with Crippen molar-refractivity contribution >= 4 is 35.0 Å². The number of nitrogens with one attached hydrogen (secondary N) is 1. The van der Waals surface area contributed by atoms with E-state index >= 15 is 0 Å². The average Bonchev–Trinajstić information content (AvgIpc) is 2.88. The molecule has 0 fully saturated rings. The van der Waals surface area contributed by atoms with Crippen LogP contribution in [-0.2, 0) is 9.59 Å². The van der Waals surface area contributed by atoms with E-state index in [0.29, 0.717) is 11.8 Å². The molecule has 4 rings (SSSR count). The lowest BCUT2D eigenvalue weighted by Gasteiger charge is -2.22. The molecule has 0 unspecified atom stereocenters. The van der Waals surface area contributed by atoms with Crippen molar-refractivity contribution in [2.75, 3.05) is 16.8 Å². The molecule has 1 aliphatic heterocycles. The highest BCUT2D eigenvalue weighted by atomic mass is 32.2. The fourth-order valence-electron chi connectivity index (χ4n) is 3.33. The first kappa shape index (κ1) is 20.1. The van der Waals surface area contributed by atoms with Gasteiger partial charge < -0.3 is 10.2 Å². The van der Waals surface area contributed by atoms with Gasteiger partial charge in [-0.25, -0.2) is 8.78 Å². The van der Waals surface area contributed by atoms with Crippen LogP contribution in [-0.4, -0.2) is 18.4 Å². The number of carbonyl (C=O) groups is 2. The maximum atomic E-state index is 13.9. The summed E-state index contributed by atoms with van der Waals surface area (Å²) in [5, 5.41) is 2.34. The summed E-state index contributed by atoms with van der Waals surface area (Å²) in [6.45, 7) is -0.269. The Balaban J connectivity index is 1.58. The van der Waals surface area contributed by atoms with E-state index in [1.807, 2.05) is 42.5 Å². The Bertz CT molecular complexity index is 1090. The summed E-state index contributed by atoms with van der Waals surface area (Å²) in [5.41, 5.74) is 1.54. The number of hydrogen-bond donors (Lipinski definition) is 1. The summed E-state index contributed by atoms with van der Waals surface area (Å²) in [6, 6.07) is 20.1. The van der Waals surface area contributed by atoms with Gasteiger partial charge in [-0.2, -0.15) is 0 Å². The average molecular weight is 424 g/mol. The molecular formula is C23H18F2N2O2S. The van der Waals surface area contributed by atoms with Crippen molar-refractivity contribution in [2.24, 2.45) is 0 Å². The molecule has 1 N–H and O–H groups in total. The van der Waals surface area contributed by atoms with Crippen molar-refractivity contribution in [1.29, 1.82) is 0 Å². The molecule has 0 saturated heterocycles. The number of halogens is 2. The van der Waals surface area contributed by atoms with Gasteiger partial charge in [-0.15, -0.1) is 11.8 Å². The van der Waals surface area contributed by atoms with Crippen LogP contribution in [0.2, 0.25) is 0 Å². The number of carbonyl (C=O) groups excluding carboxylic acids is 2. The summed E-state index contributed by atoms with van der Waals surface area (Å²) in [4.78, 5) is 27.9. The Morgan fingerprint density at radius 2 is 1.77 bits per heavy atom. The van der Waals surface area contributed by atoms with Crippen LogP contribution in [0.5, 0.6) is 0 Å². The highest BCUT2D eigenvalue weighted by Crippen LogP contribution is 2.45. The normalized spacial score (nSPS) is 16.0. The minimum absolute atomic E-state index is 0.0811. The predicted octanol–water partition coefficient (Wildman–Crippen LogP) is 5.17. The van der Waals surface area contributed by atoms with Crippen molar-refractivity contribution in [1.82, 2.24) is 0 Å².